The van der Waals surface area contributed by atoms with Crippen molar-refractivity contribution in [2.75, 3.05) is 13.7 Å². The predicted octanol–water partition coefficient (Wildman–Crippen LogP) is 2.02. The van der Waals surface area contributed by atoms with Crippen molar-refractivity contribution in [3.8, 4) is 17.0 Å². The zero-order chi connectivity index (χ0) is 12.3. The van der Waals surface area contributed by atoms with Gasteiger partial charge in [0.1, 0.15) is 11.5 Å². The molecule has 0 aliphatic rings. The third kappa shape index (κ3) is 2.45. The first-order chi connectivity index (χ1) is 8.24. The number of rotatable bonds is 4. The van der Waals surface area contributed by atoms with Crippen molar-refractivity contribution in [2.45, 2.75) is 6.42 Å². The van der Waals surface area contributed by atoms with Crippen LogP contribution in [-0.2, 0) is 6.42 Å². The number of halogens is 1. The average Bonchev–Trinajstić information content (AvgIpc) is 2.78. The maximum atomic E-state index is 13.5. The van der Waals surface area contributed by atoms with E-state index in [2.05, 4.69) is 5.16 Å². The molecule has 0 aliphatic heterocycles. The molecule has 2 aromatic rings. The topological polar surface area (TPSA) is 55.5 Å². The summed E-state index contributed by atoms with van der Waals surface area (Å²) in [6.07, 6.45) is 0.394. The van der Waals surface area contributed by atoms with Crippen molar-refractivity contribution < 1.29 is 18.8 Å². The van der Waals surface area contributed by atoms with E-state index in [0.717, 1.165) is 0 Å². The highest BCUT2D eigenvalue weighted by molar-refractivity contribution is 5.60. The number of methoxy groups -OCH3 is 1. The third-order valence-electron chi connectivity index (χ3n) is 2.36. The van der Waals surface area contributed by atoms with Gasteiger partial charge in [-0.1, -0.05) is 5.16 Å². The molecule has 1 N–H and O–H groups in total. The largest absolute Gasteiger partial charge is 0.494 e. The summed E-state index contributed by atoms with van der Waals surface area (Å²) in [6, 6.07) is 6.24. The smallest absolute Gasteiger partial charge is 0.165 e. The Labute approximate surface area is 97.6 Å². The highest BCUT2D eigenvalue weighted by Gasteiger charge is 2.09. The fourth-order valence-corrected chi connectivity index (χ4v) is 1.50. The van der Waals surface area contributed by atoms with Crippen molar-refractivity contribution in [3.05, 3.63) is 35.8 Å². The fraction of sp³-hybridized carbons (Fsp3) is 0.250. The highest BCUT2D eigenvalue weighted by Crippen LogP contribution is 2.25. The van der Waals surface area contributed by atoms with E-state index in [1.54, 1.807) is 12.1 Å². The normalized spacial score (nSPS) is 10.5. The first-order valence-electron chi connectivity index (χ1n) is 5.15. The van der Waals surface area contributed by atoms with Crippen LogP contribution in [-0.4, -0.2) is 24.0 Å². The van der Waals surface area contributed by atoms with Gasteiger partial charge in [0, 0.05) is 18.1 Å². The number of aromatic nitrogens is 1. The molecule has 0 amide bonds. The Hall–Kier alpha value is -1.88. The summed E-state index contributed by atoms with van der Waals surface area (Å²) in [5, 5.41) is 12.6. The van der Waals surface area contributed by atoms with Gasteiger partial charge in [0.2, 0.25) is 0 Å². The molecule has 1 aromatic heterocycles. The van der Waals surface area contributed by atoms with Crippen molar-refractivity contribution in [1.29, 1.82) is 0 Å². The van der Waals surface area contributed by atoms with E-state index >= 15 is 0 Å². The van der Waals surface area contributed by atoms with Gasteiger partial charge in [-0.25, -0.2) is 4.39 Å². The first kappa shape index (κ1) is 11.6. The fourth-order valence-electron chi connectivity index (χ4n) is 1.50. The number of aliphatic hydroxyl groups is 1. The van der Waals surface area contributed by atoms with Gasteiger partial charge < -0.3 is 14.4 Å². The van der Waals surface area contributed by atoms with Gasteiger partial charge in [0.25, 0.3) is 0 Å². The Morgan fingerprint density at radius 2 is 2.24 bits per heavy atom. The van der Waals surface area contributed by atoms with Crippen LogP contribution >= 0.6 is 0 Å². The number of hydrogen-bond acceptors (Lipinski definition) is 4. The Morgan fingerprint density at radius 1 is 1.41 bits per heavy atom. The molecule has 17 heavy (non-hydrogen) atoms. The molecule has 0 saturated carbocycles. The number of aliphatic hydroxyl groups excluding tert-OH is 1. The van der Waals surface area contributed by atoms with E-state index in [4.69, 9.17) is 14.4 Å². The van der Waals surface area contributed by atoms with Crippen LogP contribution in [0.1, 0.15) is 5.76 Å². The lowest BCUT2D eigenvalue weighted by molar-refractivity contribution is 0.277. The Morgan fingerprint density at radius 3 is 2.88 bits per heavy atom. The van der Waals surface area contributed by atoms with E-state index < -0.39 is 5.82 Å². The summed E-state index contributed by atoms with van der Waals surface area (Å²) in [7, 11) is 1.41. The molecule has 5 heteroatoms. The molecule has 1 heterocycles. The van der Waals surface area contributed by atoms with Gasteiger partial charge in [-0.05, 0) is 18.2 Å². The number of nitrogens with zero attached hydrogens (tertiary/aromatic N) is 1. The summed E-state index contributed by atoms with van der Waals surface area (Å²) >= 11 is 0. The van der Waals surface area contributed by atoms with Crippen LogP contribution in [0.5, 0.6) is 5.75 Å². The molecule has 0 saturated heterocycles. The molecule has 0 spiro atoms. The summed E-state index contributed by atoms with van der Waals surface area (Å²) in [4.78, 5) is 0. The van der Waals surface area contributed by atoms with Gasteiger partial charge in [0.05, 0.1) is 13.7 Å². The zero-order valence-corrected chi connectivity index (χ0v) is 9.31. The molecule has 0 fully saturated rings. The SMILES string of the molecule is COc1ccc(-c2cc(CCO)on2)cc1F. The lowest BCUT2D eigenvalue weighted by Gasteiger charge is -2.02. The molecular weight excluding hydrogens is 225 g/mol. The summed E-state index contributed by atoms with van der Waals surface area (Å²) in [5.41, 5.74) is 1.14. The minimum atomic E-state index is -0.447. The quantitative estimate of drug-likeness (QED) is 0.883. The Kier molecular flexibility index (Phi) is 3.39. The molecule has 0 atom stereocenters. The molecular formula is C12H12FNO3. The predicted molar refractivity (Wildman–Crippen MR) is 59.2 cm³/mol. The molecule has 0 unspecified atom stereocenters. The maximum absolute atomic E-state index is 13.5. The Bertz CT molecular complexity index is 510. The van der Waals surface area contributed by atoms with Crippen LogP contribution in [0.4, 0.5) is 4.39 Å². The molecule has 0 aliphatic carbocycles. The molecule has 90 valence electrons. The number of benzene rings is 1. The van der Waals surface area contributed by atoms with E-state index in [9.17, 15) is 4.39 Å². The van der Waals surface area contributed by atoms with Crippen molar-refractivity contribution in [1.82, 2.24) is 5.16 Å². The Balaban J connectivity index is 2.29. The average molecular weight is 237 g/mol. The van der Waals surface area contributed by atoms with Crippen molar-refractivity contribution in [3.63, 3.8) is 0 Å². The second-order valence-electron chi connectivity index (χ2n) is 3.50. The summed E-state index contributed by atoms with van der Waals surface area (Å²) in [6.45, 7) is -0.00833. The maximum Gasteiger partial charge on any atom is 0.165 e. The minimum absolute atomic E-state index is 0.00833. The first-order valence-corrected chi connectivity index (χ1v) is 5.15. The van der Waals surface area contributed by atoms with Crippen molar-refractivity contribution >= 4 is 0 Å². The van der Waals surface area contributed by atoms with Crippen LogP contribution in [0.25, 0.3) is 11.3 Å². The van der Waals surface area contributed by atoms with Crippen LogP contribution in [0.3, 0.4) is 0 Å². The molecule has 2 rings (SSSR count). The third-order valence-corrected chi connectivity index (χ3v) is 2.36. The van der Waals surface area contributed by atoms with E-state index in [1.807, 2.05) is 0 Å². The lowest BCUT2D eigenvalue weighted by atomic mass is 10.1. The standard InChI is InChI=1S/C12H12FNO3/c1-16-12-3-2-8(6-10(12)13)11-7-9(4-5-15)17-14-11/h2-3,6-7,15H,4-5H2,1H3. The summed E-state index contributed by atoms with van der Waals surface area (Å²) < 4.78 is 23.3. The summed E-state index contributed by atoms with van der Waals surface area (Å²) in [5.74, 6) is 0.309. The van der Waals surface area contributed by atoms with Crippen LogP contribution in [0, 0.1) is 5.82 Å². The lowest BCUT2D eigenvalue weighted by Crippen LogP contribution is -1.88. The van der Waals surface area contributed by atoms with Gasteiger partial charge in [-0.2, -0.15) is 0 Å². The van der Waals surface area contributed by atoms with Gasteiger partial charge >= 0.3 is 0 Å². The number of hydrogen-bond donors (Lipinski definition) is 1. The molecule has 1 aromatic carbocycles. The van der Waals surface area contributed by atoms with Crippen LogP contribution < -0.4 is 4.74 Å². The van der Waals surface area contributed by atoms with Crippen molar-refractivity contribution in [2.24, 2.45) is 0 Å². The van der Waals surface area contributed by atoms with Crippen LogP contribution in [0.2, 0.25) is 0 Å². The monoisotopic (exact) mass is 237 g/mol. The highest BCUT2D eigenvalue weighted by atomic mass is 19.1. The van der Waals surface area contributed by atoms with Gasteiger partial charge in [-0.15, -0.1) is 0 Å². The molecule has 0 radical (unpaired) electrons. The molecule has 4 nitrogen and oxygen atoms in total. The second kappa shape index (κ2) is 4.97. The van der Waals surface area contributed by atoms with E-state index in [-0.39, 0.29) is 12.4 Å². The number of ether oxygens (including phenoxy) is 1. The van der Waals surface area contributed by atoms with E-state index in [1.165, 1.54) is 19.2 Å². The molecule has 0 bridgehead atoms. The van der Waals surface area contributed by atoms with E-state index in [0.29, 0.717) is 23.4 Å². The van der Waals surface area contributed by atoms with Crippen LogP contribution in [0.15, 0.2) is 28.8 Å². The minimum Gasteiger partial charge on any atom is -0.494 e. The zero-order valence-electron chi connectivity index (χ0n) is 9.31. The van der Waals surface area contributed by atoms with Gasteiger partial charge in [-0.3, -0.25) is 0 Å². The second-order valence-corrected chi connectivity index (χ2v) is 3.50. The van der Waals surface area contributed by atoms with Gasteiger partial charge in [0.15, 0.2) is 11.6 Å².